The van der Waals surface area contributed by atoms with E-state index in [0.29, 0.717) is 22.6 Å². The molecule has 0 radical (unpaired) electrons. The topological polar surface area (TPSA) is 87.3 Å². The van der Waals surface area contributed by atoms with Gasteiger partial charge in [0.05, 0.1) is 16.2 Å². The molecular weight excluding hydrogens is 286 g/mol. The molecule has 2 rings (SSSR count). The van der Waals surface area contributed by atoms with Crippen molar-refractivity contribution in [1.29, 1.82) is 0 Å². The van der Waals surface area contributed by atoms with Crippen molar-refractivity contribution in [3.8, 4) is 5.69 Å². The zero-order valence-corrected chi connectivity index (χ0v) is 12.3. The highest BCUT2D eigenvalue weighted by Crippen LogP contribution is 2.24. The van der Waals surface area contributed by atoms with Gasteiger partial charge in [-0.3, -0.25) is 10.1 Å². The van der Waals surface area contributed by atoms with Gasteiger partial charge in [0.15, 0.2) is 0 Å². The van der Waals surface area contributed by atoms with Gasteiger partial charge in [-0.25, -0.2) is 9.48 Å². The van der Waals surface area contributed by atoms with Crippen LogP contribution >= 0.6 is 0 Å². The Hall–Kier alpha value is -2.96. The van der Waals surface area contributed by atoms with Crippen LogP contribution in [-0.2, 0) is 4.74 Å². The SMILES string of the molecule is C=CCOC(=O)c1ccc(-n2nc(C)c([N+](=O)[O-])c2C)cc1. The fourth-order valence-corrected chi connectivity index (χ4v) is 2.11. The van der Waals surface area contributed by atoms with Crippen molar-refractivity contribution in [3.05, 3.63) is 64.0 Å². The normalized spacial score (nSPS) is 10.3. The molecule has 1 aromatic heterocycles. The number of aryl methyl sites for hydroxylation is 1. The van der Waals surface area contributed by atoms with Gasteiger partial charge in [0, 0.05) is 0 Å². The summed E-state index contributed by atoms with van der Waals surface area (Å²) in [7, 11) is 0. The minimum absolute atomic E-state index is 0.00512. The number of carbonyl (C=O) groups excluding carboxylic acids is 1. The molecule has 0 spiro atoms. The van der Waals surface area contributed by atoms with E-state index in [1.54, 1.807) is 38.1 Å². The van der Waals surface area contributed by atoms with Crippen molar-refractivity contribution in [2.45, 2.75) is 13.8 Å². The van der Waals surface area contributed by atoms with E-state index in [-0.39, 0.29) is 12.3 Å². The van der Waals surface area contributed by atoms with Gasteiger partial charge in [0.1, 0.15) is 18.0 Å². The van der Waals surface area contributed by atoms with Gasteiger partial charge in [-0.05, 0) is 38.1 Å². The lowest BCUT2D eigenvalue weighted by atomic mass is 10.2. The first-order valence-corrected chi connectivity index (χ1v) is 6.54. The molecule has 114 valence electrons. The zero-order valence-electron chi connectivity index (χ0n) is 12.3. The molecule has 7 nitrogen and oxygen atoms in total. The van der Waals surface area contributed by atoms with Crippen LogP contribution in [0.2, 0.25) is 0 Å². The van der Waals surface area contributed by atoms with Crippen molar-refractivity contribution in [2.75, 3.05) is 6.61 Å². The summed E-state index contributed by atoms with van der Waals surface area (Å²) >= 11 is 0. The molecule has 0 fully saturated rings. The van der Waals surface area contributed by atoms with Gasteiger partial charge in [0.25, 0.3) is 0 Å². The summed E-state index contributed by atoms with van der Waals surface area (Å²) in [5.41, 5.74) is 1.80. The second-order valence-electron chi connectivity index (χ2n) is 4.62. The summed E-state index contributed by atoms with van der Waals surface area (Å²) in [5, 5.41) is 15.2. The van der Waals surface area contributed by atoms with Gasteiger partial charge < -0.3 is 4.74 Å². The van der Waals surface area contributed by atoms with E-state index in [0.717, 1.165) is 0 Å². The molecule has 0 saturated carbocycles. The minimum atomic E-state index is -0.453. The summed E-state index contributed by atoms with van der Waals surface area (Å²) in [6.07, 6.45) is 1.49. The molecular formula is C15H15N3O4. The maximum Gasteiger partial charge on any atom is 0.338 e. The van der Waals surface area contributed by atoms with E-state index in [2.05, 4.69) is 11.7 Å². The van der Waals surface area contributed by atoms with Crippen LogP contribution < -0.4 is 0 Å². The summed E-state index contributed by atoms with van der Waals surface area (Å²) < 4.78 is 6.41. The number of rotatable bonds is 5. The van der Waals surface area contributed by atoms with Crippen LogP contribution in [0.5, 0.6) is 0 Å². The van der Waals surface area contributed by atoms with Crippen molar-refractivity contribution in [1.82, 2.24) is 9.78 Å². The monoisotopic (exact) mass is 301 g/mol. The Morgan fingerprint density at radius 2 is 2.05 bits per heavy atom. The molecule has 1 heterocycles. The van der Waals surface area contributed by atoms with Crippen molar-refractivity contribution in [3.63, 3.8) is 0 Å². The predicted molar refractivity (Wildman–Crippen MR) is 80.2 cm³/mol. The summed E-state index contributed by atoms with van der Waals surface area (Å²) in [6.45, 7) is 6.83. The highest BCUT2D eigenvalue weighted by atomic mass is 16.6. The summed E-state index contributed by atoms with van der Waals surface area (Å²) in [6, 6.07) is 6.49. The smallest absolute Gasteiger partial charge is 0.338 e. The van der Waals surface area contributed by atoms with Crippen LogP contribution in [-0.4, -0.2) is 27.3 Å². The average Bonchev–Trinajstić information content (AvgIpc) is 2.79. The number of carbonyl (C=O) groups is 1. The van der Waals surface area contributed by atoms with E-state index in [4.69, 9.17) is 4.74 Å². The third kappa shape index (κ3) is 2.88. The average molecular weight is 301 g/mol. The van der Waals surface area contributed by atoms with Gasteiger partial charge in [-0.2, -0.15) is 5.10 Å². The number of ether oxygens (including phenoxy) is 1. The molecule has 0 aliphatic rings. The minimum Gasteiger partial charge on any atom is -0.458 e. The van der Waals surface area contributed by atoms with Crippen LogP contribution in [0.25, 0.3) is 5.69 Å². The Balaban J connectivity index is 2.32. The molecule has 7 heteroatoms. The largest absolute Gasteiger partial charge is 0.458 e. The quantitative estimate of drug-likeness (QED) is 0.367. The summed E-state index contributed by atoms with van der Waals surface area (Å²) in [4.78, 5) is 22.2. The Morgan fingerprint density at radius 3 is 2.55 bits per heavy atom. The number of benzene rings is 1. The first-order valence-electron chi connectivity index (χ1n) is 6.54. The van der Waals surface area contributed by atoms with Crippen LogP contribution in [0.3, 0.4) is 0 Å². The highest BCUT2D eigenvalue weighted by molar-refractivity contribution is 5.89. The third-order valence-electron chi connectivity index (χ3n) is 3.12. The fraction of sp³-hybridized carbons (Fsp3) is 0.200. The second-order valence-corrected chi connectivity index (χ2v) is 4.62. The van der Waals surface area contributed by atoms with Gasteiger partial charge >= 0.3 is 11.7 Å². The van der Waals surface area contributed by atoms with E-state index >= 15 is 0 Å². The number of nitro groups is 1. The molecule has 0 amide bonds. The molecule has 2 aromatic rings. The van der Waals surface area contributed by atoms with Crippen molar-refractivity contribution in [2.24, 2.45) is 0 Å². The van der Waals surface area contributed by atoms with Crippen LogP contribution in [0, 0.1) is 24.0 Å². The van der Waals surface area contributed by atoms with E-state index in [9.17, 15) is 14.9 Å². The Morgan fingerprint density at radius 1 is 1.41 bits per heavy atom. The molecule has 0 atom stereocenters. The fourth-order valence-electron chi connectivity index (χ4n) is 2.11. The second kappa shape index (κ2) is 6.21. The van der Waals surface area contributed by atoms with Crippen LogP contribution in [0.1, 0.15) is 21.7 Å². The lowest BCUT2D eigenvalue weighted by Crippen LogP contribution is -2.06. The van der Waals surface area contributed by atoms with E-state index in [1.165, 1.54) is 10.8 Å². The number of esters is 1. The molecule has 0 aliphatic heterocycles. The predicted octanol–water partition coefficient (Wildman–Crippen LogP) is 2.74. The molecule has 0 N–H and O–H groups in total. The highest BCUT2D eigenvalue weighted by Gasteiger charge is 2.22. The first kappa shape index (κ1) is 15.4. The molecule has 0 saturated heterocycles. The molecule has 22 heavy (non-hydrogen) atoms. The zero-order chi connectivity index (χ0) is 16.3. The third-order valence-corrected chi connectivity index (χ3v) is 3.12. The maximum atomic E-state index is 11.7. The molecule has 0 unspecified atom stereocenters. The van der Waals surface area contributed by atoms with Crippen LogP contribution in [0.15, 0.2) is 36.9 Å². The Kier molecular flexibility index (Phi) is 4.36. The van der Waals surface area contributed by atoms with Crippen molar-refractivity contribution >= 4 is 11.7 Å². The lowest BCUT2D eigenvalue weighted by molar-refractivity contribution is -0.386. The molecule has 0 bridgehead atoms. The maximum absolute atomic E-state index is 11.7. The van der Waals surface area contributed by atoms with Gasteiger partial charge in [-0.15, -0.1) is 0 Å². The molecule has 0 aliphatic carbocycles. The standard InChI is InChI=1S/C15H15N3O4/c1-4-9-22-15(19)12-5-7-13(8-6-12)17-11(3)14(18(20)21)10(2)16-17/h4-8H,1,9H2,2-3H3. The number of hydrogen-bond acceptors (Lipinski definition) is 5. The van der Waals surface area contributed by atoms with Gasteiger partial charge in [0.2, 0.25) is 0 Å². The molecule has 1 aromatic carbocycles. The van der Waals surface area contributed by atoms with Gasteiger partial charge in [-0.1, -0.05) is 12.7 Å². The number of hydrogen-bond donors (Lipinski definition) is 0. The lowest BCUT2D eigenvalue weighted by Gasteiger charge is -2.05. The number of nitrogens with zero attached hydrogens (tertiary/aromatic N) is 3. The number of aromatic nitrogens is 2. The Bertz CT molecular complexity index is 732. The summed E-state index contributed by atoms with van der Waals surface area (Å²) in [5.74, 6) is -0.453. The first-order chi connectivity index (χ1) is 10.5. The van der Waals surface area contributed by atoms with Crippen molar-refractivity contribution < 1.29 is 14.5 Å². The van der Waals surface area contributed by atoms with E-state index in [1.807, 2.05) is 0 Å². The Labute approximate surface area is 127 Å². The van der Waals surface area contributed by atoms with E-state index < -0.39 is 10.9 Å². The van der Waals surface area contributed by atoms with Crippen LogP contribution in [0.4, 0.5) is 5.69 Å².